The molecule has 1 atom stereocenters. The van der Waals surface area contributed by atoms with Gasteiger partial charge in [-0.15, -0.1) is 0 Å². The number of carbonyl (C=O) groups is 1. The molecule has 28 heavy (non-hydrogen) atoms. The van der Waals surface area contributed by atoms with Gasteiger partial charge in [0.2, 0.25) is 5.88 Å². The zero-order chi connectivity index (χ0) is 19.5. The monoisotopic (exact) mass is 378 g/mol. The van der Waals surface area contributed by atoms with Gasteiger partial charge in [0.1, 0.15) is 6.10 Å². The predicted molar refractivity (Wildman–Crippen MR) is 106 cm³/mol. The summed E-state index contributed by atoms with van der Waals surface area (Å²) in [6.07, 6.45) is 0.668. The van der Waals surface area contributed by atoms with Gasteiger partial charge in [-0.2, -0.15) is 0 Å². The predicted octanol–water partition coefficient (Wildman–Crippen LogP) is 3.55. The molecule has 0 bridgehead atoms. The first-order valence-corrected chi connectivity index (χ1v) is 9.22. The Balaban J connectivity index is 1.47. The van der Waals surface area contributed by atoms with E-state index < -0.39 is 0 Å². The molecule has 1 aromatic heterocycles. The lowest BCUT2D eigenvalue weighted by Crippen LogP contribution is -2.31. The van der Waals surface area contributed by atoms with Crippen LogP contribution in [0.15, 0.2) is 54.6 Å². The number of aromatic nitrogens is 1. The average Bonchev–Trinajstić information content (AvgIpc) is 3.20. The van der Waals surface area contributed by atoms with Crippen molar-refractivity contribution in [2.75, 3.05) is 27.3 Å². The second-order valence-corrected chi connectivity index (χ2v) is 6.66. The number of hydrogen-bond donors (Lipinski definition) is 0. The van der Waals surface area contributed by atoms with E-state index in [0.717, 1.165) is 17.3 Å². The Hall–Kier alpha value is -3.28. The molecule has 4 rings (SSSR count). The molecule has 2 aromatic carbocycles. The Kier molecular flexibility index (Phi) is 5.02. The maximum Gasteiger partial charge on any atom is 0.257 e. The minimum absolute atomic E-state index is 0.0887. The molecule has 0 radical (unpaired) electrons. The number of carbonyl (C=O) groups excluding carboxylic acids is 1. The normalized spacial score (nSPS) is 16.2. The molecule has 2 heterocycles. The second-order valence-electron chi connectivity index (χ2n) is 6.66. The largest absolute Gasteiger partial charge is 0.493 e. The summed E-state index contributed by atoms with van der Waals surface area (Å²) in [4.78, 5) is 19.3. The van der Waals surface area contributed by atoms with Crippen LogP contribution in [0.3, 0.4) is 0 Å². The molecule has 1 amide bonds. The molecule has 1 fully saturated rings. The highest BCUT2D eigenvalue weighted by Crippen LogP contribution is 2.32. The van der Waals surface area contributed by atoms with Crippen LogP contribution in [0.25, 0.3) is 10.9 Å². The Bertz CT molecular complexity index is 1000. The lowest BCUT2D eigenvalue weighted by Gasteiger charge is -2.19. The van der Waals surface area contributed by atoms with Gasteiger partial charge in [-0.3, -0.25) is 4.79 Å². The van der Waals surface area contributed by atoms with Gasteiger partial charge < -0.3 is 19.1 Å². The van der Waals surface area contributed by atoms with Crippen LogP contribution in [-0.4, -0.2) is 49.2 Å². The molecule has 1 aliphatic heterocycles. The molecule has 1 unspecified atom stereocenters. The second kappa shape index (κ2) is 7.76. The molecule has 1 saturated heterocycles. The molecule has 1 aliphatic rings. The SMILES string of the molecule is COc1cccc(C(=O)N2CCC(Oc3ccc4ccccc4n3)C2)c1OC. The first kappa shape index (κ1) is 18.1. The number of pyridine rings is 1. The van der Waals surface area contributed by atoms with Crippen LogP contribution in [0.2, 0.25) is 0 Å². The summed E-state index contributed by atoms with van der Waals surface area (Å²) >= 11 is 0. The fraction of sp³-hybridized carbons (Fsp3) is 0.273. The third-order valence-corrected chi connectivity index (χ3v) is 4.93. The van der Waals surface area contributed by atoms with Crippen molar-refractivity contribution in [1.29, 1.82) is 0 Å². The number of para-hydroxylation sites is 2. The van der Waals surface area contributed by atoms with E-state index in [0.29, 0.717) is 36.0 Å². The number of hydrogen-bond acceptors (Lipinski definition) is 5. The quantitative estimate of drug-likeness (QED) is 0.680. The summed E-state index contributed by atoms with van der Waals surface area (Å²) < 4.78 is 16.7. The van der Waals surface area contributed by atoms with Gasteiger partial charge in [0, 0.05) is 24.4 Å². The fourth-order valence-corrected chi connectivity index (χ4v) is 3.52. The summed E-state index contributed by atoms with van der Waals surface area (Å²) in [7, 11) is 3.10. The average molecular weight is 378 g/mol. The fourth-order valence-electron chi connectivity index (χ4n) is 3.52. The number of amides is 1. The molecule has 144 valence electrons. The van der Waals surface area contributed by atoms with E-state index in [1.54, 1.807) is 30.2 Å². The van der Waals surface area contributed by atoms with Crippen molar-refractivity contribution >= 4 is 16.8 Å². The Morgan fingerprint density at radius 3 is 2.71 bits per heavy atom. The van der Waals surface area contributed by atoms with Gasteiger partial charge in [0.25, 0.3) is 5.91 Å². The summed E-state index contributed by atoms with van der Waals surface area (Å²) in [5.74, 6) is 1.49. The molecule has 6 heteroatoms. The van der Waals surface area contributed by atoms with Crippen LogP contribution in [0.4, 0.5) is 0 Å². The van der Waals surface area contributed by atoms with Gasteiger partial charge in [-0.05, 0) is 24.3 Å². The number of rotatable bonds is 5. The highest BCUT2D eigenvalue weighted by Gasteiger charge is 2.30. The molecule has 3 aromatic rings. The highest BCUT2D eigenvalue weighted by molar-refractivity contribution is 5.98. The summed E-state index contributed by atoms with van der Waals surface area (Å²) in [5, 5.41) is 1.07. The molecule has 6 nitrogen and oxygen atoms in total. The van der Waals surface area contributed by atoms with Gasteiger partial charge in [0.15, 0.2) is 11.5 Å². The van der Waals surface area contributed by atoms with Crippen molar-refractivity contribution in [2.24, 2.45) is 0 Å². The summed E-state index contributed by atoms with van der Waals surface area (Å²) in [5.41, 5.74) is 1.39. The van der Waals surface area contributed by atoms with E-state index in [1.165, 1.54) is 7.11 Å². The summed E-state index contributed by atoms with van der Waals surface area (Å²) in [6.45, 7) is 1.13. The van der Waals surface area contributed by atoms with Crippen molar-refractivity contribution in [2.45, 2.75) is 12.5 Å². The molecule has 0 spiro atoms. The molecule has 0 aliphatic carbocycles. The van der Waals surface area contributed by atoms with E-state index in [4.69, 9.17) is 14.2 Å². The van der Waals surface area contributed by atoms with Crippen LogP contribution in [0.5, 0.6) is 17.4 Å². The van der Waals surface area contributed by atoms with E-state index >= 15 is 0 Å². The zero-order valence-corrected chi connectivity index (χ0v) is 15.9. The van der Waals surface area contributed by atoms with Gasteiger partial charge in [0.05, 0.1) is 31.8 Å². The van der Waals surface area contributed by atoms with Crippen molar-refractivity contribution in [3.8, 4) is 17.4 Å². The minimum Gasteiger partial charge on any atom is -0.493 e. The van der Waals surface area contributed by atoms with Gasteiger partial charge in [-0.25, -0.2) is 4.98 Å². The summed E-state index contributed by atoms with van der Waals surface area (Å²) in [6, 6.07) is 17.1. The van der Waals surface area contributed by atoms with Crippen LogP contribution in [0.1, 0.15) is 16.8 Å². The number of benzene rings is 2. The van der Waals surface area contributed by atoms with E-state index in [1.807, 2.05) is 36.4 Å². The molecular formula is C22H22N2O4. The number of nitrogens with zero attached hydrogens (tertiary/aromatic N) is 2. The van der Waals surface area contributed by atoms with E-state index in [2.05, 4.69) is 4.98 Å². The van der Waals surface area contributed by atoms with Crippen LogP contribution in [0, 0.1) is 0 Å². The van der Waals surface area contributed by atoms with E-state index in [9.17, 15) is 4.79 Å². The third kappa shape index (κ3) is 3.45. The molecule has 0 N–H and O–H groups in total. The standard InChI is InChI=1S/C22H22N2O4/c1-26-19-9-5-7-17(21(19)27-2)22(25)24-13-12-16(14-24)28-20-11-10-15-6-3-4-8-18(15)23-20/h3-11,16H,12-14H2,1-2H3. The van der Waals surface area contributed by atoms with Crippen molar-refractivity contribution in [3.63, 3.8) is 0 Å². The van der Waals surface area contributed by atoms with Gasteiger partial charge >= 0.3 is 0 Å². The molecular weight excluding hydrogens is 356 g/mol. The van der Waals surface area contributed by atoms with Crippen molar-refractivity contribution < 1.29 is 19.0 Å². The Labute approximate surface area is 163 Å². The number of fused-ring (bicyclic) bond motifs is 1. The van der Waals surface area contributed by atoms with Gasteiger partial charge in [-0.1, -0.05) is 24.3 Å². The lowest BCUT2D eigenvalue weighted by molar-refractivity contribution is 0.0767. The first-order valence-electron chi connectivity index (χ1n) is 9.22. The van der Waals surface area contributed by atoms with Crippen molar-refractivity contribution in [3.05, 3.63) is 60.2 Å². The van der Waals surface area contributed by atoms with Crippen molar-refractivity contribution in [1.82, 2.24) is 9.88 Å². The number of methoxy groups -OCH3 is 2. The minimum atomic E-state index is -0.0895. The number of likely N-dealkylation sites (tertiary alicyclic amines) is 1. The number of ether oxygens (including phenoxy) is 3. The lowest BCUT2D eigenvalue weighted by atomic mass is 10.1. The smallest absolute Gasteiger partial charge is 0.257 e. The topological polar surface area (TPSA) is 60.9 Å². The maximum atomic E-state index is 13.0. The van der Waals surface area contributed by atoms with Crippen LogP contribution >= 0.6 is 0 Å². The first-order chi connectivity index (χ1) is 13.7. The Morgan fingerprint density at radius 2 is 1.89 bits per heavy atom. The van der Waals surface area contributed by atoms with E-state index in [-0.39, 0.29) is 12.0 Å². The maximum absolute atomic E-state index is 13.0. The Morgan fingerprint density at radius 1 is 1.04 bits per heavy atom. The molecule has 0 saturated carbocycles. The van der Waals surface area contributed by atoms with Crippen LogP contribution in [-0.2, 0) is 0 Å². The zero-order valence-electron chi connectivity index (χ0n) is 15.9. The van der Waals surface area contributed by atoms with Crippen LogP contribution < -0.4 is 14.2 Å². The highest BCUT2D eigenvalue weighted by atomic mass is 16.5. The third-order valence-electron chi connectivity index (χ3n) is 4.93.